The van der Waals surface area contributed by atoms with E-state index in [-0.39, 0.29) is 5.91 Å². The standard InChI is InChI=1S/C23H28N4O3/c1-16-13-18(30-3)6-7-19(16)23(28)26-10-8-17(15-26)14-21-25-20-5-4-9-24-22(20)27(21)11-12-29-2/h4-7,9,13,17H,8,10-12,14-15H2,1-3H3/t17-/m1/s1. The van der Waals surface area contributed by atoms with Crippen molar-refractivity contribution in [3.8, 4) is 5.75 Å². The first-order valence-electron chi connectivity index (χ1n) is 10.3. The second kappa shape index (κ2) is 8.83. The van der Waals surface area contributed by atoms with E-state index in [0.717, 1.165) is 66.3 Å². The third kappa shape index (κ3) is 4.03. The third-order valence-corrected chi connectivity index (χ3v) is 5.81. The fourth-order valence-electron chi connectivity index (χ4n) is 4.19. The molecule has 0 aliphatic carbocycles. The average molecular weight is 409 g/mol. The van der Waals surface area contributed by atoms with Gasteiger partial charge in [0.1, 0.15) is 17.1 Å². The predicted octanol–water partition coefficient (Wildman–Crippen LogP) is 3.10. The van der Waals surface area contributed by atoms with Crippen molar-refractivity contribution < 1.29 is 14.3 Å². The van der Waals surface area contributed by atoms with E-state index in [2.05, 4.69) is 9.55 Å². The van der Waals surface area contributed by atoms with Gasteiger partial charge in [0.15, 0.2) is 5.65 Å². The van der Waals surface area contributed by atoms with Crippen molar-refractivity contribution in [2.75, 3.05) is 33.9 Å². The highest BCUT2D eigenvalue weighted by atomic mass is 16.5. The van der Waals surface area contributed by atoms with Crippen molar-refractivity contribution >= 4 is 17.1 Å². The normalized spacial score (nSPS) is 16.4. The number of imidazole rings is 1. The van der Waals surface area contributed by atoms with Crippen LogP contribution in [-0.4, -0.2) is 59.3 Å². The van der Waals surface area contributed by atoms with Gasteiger partial charge in [-0.2, -0.15) is 0 Å². The summed E-state index contributed by atoms with van der Waals surface area (Å²) in [4.78, 5) is 24.3. The fraction of sp³-hybridized carbons (Fsp3) is 0.435. The molecule has 0 unspecified atom stereocenters. The highest BCUT2D eigenvalue weighted by Gasteiger charge is 2.29. The van der Waals surface area contributed by atoms with Gasteiger partial charge in [-0.1, -0.05) is 0 Å². The maximum absolute atomic E-state index is 13.1. The Morgan fingerprint density at radius 3 is 2.90 bits per heavy atom. The van der Waals surface area contributed by atoms with Gasteiger partial charge in [0.2, 0.25) is 0 Å². The zero-order chi connectivity index (χ0) is 21.1. The predicted molar refractivity (Wildman–Crippen MR) is 115 cm³/mol. The molecule has 3 heterocycles. The lowest BCUT2D eigenvalue weighted by Gasteiger charge is -2.18. The number of aromatic nitrogens is 3. The Balaban J connectivity index is 1.48. The second-order valence-corrected chi connectivity index (χ2v) is 7.81. The SMILES string of the molecule is COCCn1c(C[C@H]2CCN(C(=O)c3ccc(OC)cc3C)C2)nc2cccnc21. The van der Waals surface area contributed by atoms with Gasteiger partial charge in [-0.15, -0.1) is 0 Å². The van der Waals surface area contributed by atoms with E-state index in [9.17, 15) is 4.79 Å². The lowest BCUT2D eigenvalue weighted by Crippen LogP contribution is -2.29. The Morgan fingerprint density at radius 1 is 1.27 bits per heavy atom. The van der Waals surface area contributed by atoms with Gasteiger partial charge in [-0.25, -0.2) is 9.97 Å². The first kappa shape index (κ1) is 20.3. The minimum Gasteiger partial charge on any atom is -0.497 e. The Kier molecular flexibility index (Phi) is 5.99. The van der Waals surface area contributed by atoms with Crippen molar-refractivity contribution in [3.63, 3.8) is 0 Å². The van der Waals surface area contributed by atoms with E-state index in [1.165, 1.54) is 0 Å². The third-order valence-electron chi connectivity index (χ3n) is 5.81. The minimum absolute atomic E-state index is 0.0900. The number of rotatable bonds is 7. The van der Waals surface area contributed by atoms with Crippen molar-refractivity contribution in [2.24, 2.45) is 5.92 Å². The van der Waals surface area contributed by atoms with Gasteiger partial charge in [0.25, 0.3) is 5.91 Å². The fourth-order valence-corrected chi connectivity index (χ4v) is 4.19. The summed E-state index contributed by atoms with van der Waals surface area (Å²) in [6.45, 7) is 4.80. The summed E-state index contributed by atoms with van der Waals surface area (Å²) in [5.41, 5.74) is 3.48. The molecule has 4 rings (SSSR count). The Bertz CT molecular complexity index is 1050. The van der Waals surface area contributed by atoms with Gasteiger partial charge in [0, 0.05) is 44.9 Å². The topological polar surface area (TPSA) is 69.5 Å². The van der Waals surface area contributed by atoms with Crippen molar-refractivity contribution in [3.05, 3.63) is 53.5 Å². The van der Waals surface area contributed by atoms with Crippen LogP contribution in [0, 0.1) is 12.8 Å². The first-order chi connectivity index (χ1) is 14.6. The van der Waals surface area contributed by atoms with Gasteiger partial charge < -0.3 is 18.9 Å². The molecule has 158 valence electrons. The quantitative estimate of drug-likeness (QED) is 0.601. The number of carbonyl (C=O) groups is 1. The molecule has 1 aliphatic heterocycles. The van der Waals surface area contributed by atoms with E-state index in [1.54, 1.807) is 20.4 Å². The number of pyridine rings is 1. The molecule has 1 amide bonds. The molecule has 0 saturated carbocycles. The number of methoxy groups -OCH3 is 2. The molecule has 2 aromatic heterocycles. The van der Waals surface area contributed by atoms with E-state index >= 15 is 0 Å². The number of benzene rings is 1. The Morgan fingerprint density at radius 2 is 2.13 bits per heavy atom. The molecule has 1 atom stereocenters. The lowest BCUT2D eigenvalue weighted by atomic mass is 10.0. The molecule has 7 nitrogen and oxygen atoms in total. The number of carbonyl (C=O) groups excluding carboxylic acids is 1. The van der Waals surface area contributed by atoms with Gasteiger partial charge in [0.05, 0.1) is 13.7 Å². The summed E-state index contributed by atoms with van der Waals surface area (Å²) in [6, 6.07) is 9.52. The number of fused-ring (bicyclic) bond motifs is 1. The van der Waals surface area contributed by atoms with Crippen LogP contribution in [0.1, 0.15) is 28.2 Å². The Labute approximate surface area is 176 Å². The summed E-state index contributed by atoms with van der Waals surface area (Å²) in [5, 5.41) is 0. The van der Waals surface area contributed by atoms with Crippen LogP contribution in [-0.2, 0) is 17.7 Å². The van der Waals surface area contributed by atoms with Crippen LogP contribution in [0.3, 0.4) is 0 Å². The smallest absolute Gasteiger partial charge is 0.254 e. The zero-order valence-electron chi connectivity index (χ0n) is 17.8. The molecule has 0 bridgehead atoms. The molecule has 1 fully saturated rings. The molecule has 1 saturated heterocycles. The number of aryl methyl sites for hydroxylation is 1. The minimum atomic E-state index is 0.0900. The molecule has 7 heteroatoms. The summed E-state index contributed by atoms with van der Waals surface area (Å²) >= 11 is 0. The number of hydrogen-bond donors (Lipinski definition) is 0. The Hall–Kier alpha value is -2.93. The second-order valence-electron chi connectivity index (χ2n) is 7.81. The van der Waals surface area contributed by atoms with Crippen molar-refractivity contribution in [1.82, 2.24) is 19.4 Å². The largest absolute Gasteiger partial charge is 0.497 e. The molecule has 3 aromatic rings. The van der Waals surface area contributed by atoms with Crippen LogP contribution in [0.5, 0.6) is 5.75 Å². The van der Waals surface area contributed by atoms with Crippen LogP contribution in [0.15, 0.2) is 36.5 Å². The summed E-state index contributed by atoms with van der Waals surface area (Å²) in [5.74, 6) is 2.26. The monoisotopic (exact) mass is 408 g/mol. The number of hydrogen-bond acceptors (Lipinski definition) is 5. The molecule has 0 spiro atoms. The molecule has 1 aromatic carbocycles. The molecular weight excluding hydrogens is 380 g/mol. The number of amides is 1. The maximum atomic E-state index is 13.1. The summed E-state index contributed by atoms with van der Waals surface area (Å²) in [7, 11) is 3.34. The number of likely N-dealkylation sites (tertiary alicyclic amines) is 1. The van der Waals surface area contributed by atoms with Gasteiger partial charge in [-0.05, 0) is 55.2 Å². The molecule has 30 heavy (non-hydrogen) atoms. The molecule has 0 N–H and O–H groups in total. The van der Waals surface area contributed by atoms with Crippen LogP contribution in [0.2, 0.25) is 0 Å². The van der Waals surface area contributed by atoms with Crippen LogP contribution in [0.25, 0.3) is 11.2 Å². The summed E-state index contributed by atoms with van der Waals surface area (Å²) in [6.07, 6.45) is 3.59. The highest BCUT2D eigenvalue weighted by molar-refractivity contribution is 5.96. The van der Waals surface area contributed by atoms with E-state index < -0.39 is 0 Å². The summed E-state index contributed by atoms with van der Waals surface area (Å²) < 4.78 is 12.7. The van der Waals surface area contributed by atoms with Crippen LogP contribution in [0.4, 0.5) is 0 Å². The van der Waals surface area contributed by atoms with E-state index in [0.29, 0.717) is 12.5 Å². The van der Waals surface area contributed by atoms with Gasteiger partial charge in [-0.3, -0.25) is 4.79 Å². The van der Waals surface area contributed by atoms with E-state index in [1.807, 2.05) is 42.2 Å². The van der Waals surface area contributed by atoms with Crippen molar-refractivity contribution in [1.29, 1.82) is 0 Å². The molecule has 1 aliphatic rings. The first-order valence-corrected chi connectivity index (χ1v) is 10.3. The maximum Gasteiger partial charge on any atom is 0.254 e. The lowest BCUT2D eigenvalue weighted by molar-refractivity contribution is 0.0786. The van der Waals surface area contributed by atoms with Gasteiger partial charge >= 0.3 is 0 Å². The van der Waals surface area contributed by atoms with Crippen LogP contribution >= 0.6 is 0 Å². The van der Waals surface area contributed by atoms with Crippen LogP contribution < -0.4 is 4.74 Å². The number of nitrogens with zero attached hydrogens (tertiary/aromatic N) is 4. The van der Waals surface area contributed by atoms with Crippen molar-refractivity contribution in [2.45, 2.75) is 26.3 Å². The molecule has 0 radical (unpaired) electrons. The zero-order valence-corrected chi connectivity index (χ0v) is 17.8. The van der Waals surface area contributed by atoms with E-state index in [4.69, 9.17) is 14.5 Å². The molecular formula is C23H28N4O3. The average Bonchev–Trinajstić information content (AvgIpc) is 3.36. The highest BCUT2D eigenvalue weighted by Crippen LogP contribution is 2.26. The number of ether oxygens (including phenoxy) is 2.